The van der Waals surface area contributed by atoms with Gasteiger partial charge in [0.25, 0.3) is 0 Å². The smallest absolute Gasteiger partial charge is 0.213 e. The Morgan fingerprint density at radius 1 is 1.62 bits per heavy atom. The van der Waals surface area contributed by atoms with E-state index in [1.54, 1.807) is 0 Å². The number of rotatable bonds is 4. The van der Waals surface area contributed by atoms with Crippen LogP contribution in [0.5, 0.6) is 0 Å². The molecule has 1 aromatic rings. The molecule has 1 atom stereocenters. The number of nitrogens with zero attached hydrogens (tertiary/aromatic N) is 3. The van der Waals surface area contributed by atoms with Gasteiger partial charge >= 0.3 is 0 Å². The molecule has 0 radical (unpaired) electrons. The molecule has 88 valence electrons. The van der Waals surface area contributed by atoms with Gasteiger partial charge in [-0.2, -0.15) is 4.98 Å². The van der Waals surface area contributed by atoms with Crippen LogP contribution in [0.4, 0.5) is 0 Å². The van der Waals surface area contributed by atoms with Crippen LogP contribution in [-0.4, -0.2) is 33.6 Å². The van der Waals surface area contributed by atoms with E-state index in [0.717, 1.165) is 30.5 Å². The molecule has 1 aliphatic rings. The lowest BCUT2D eigenvalue weighted by atomic mass is 10.1. The summed E-state index contributed by atoms with van der Waals surface area (Å²) in [7, 11) is 0. The number of hydrogen-bond donors (Lipinski definition) is 1. The van der Waals surface area contributed by atoms with Crippen molar-refractivity contribution in [1.82, 2.24) is 15.5 Å². The molecule has 16 heavy (non-hydrogen) atoms. The van der Waals surface area contributed by atoms with Crippen molar-refractivity contribution >= 4 is 16.9 Å². The average molecular weight is 240 g/mol. The summed E-state index contributed by atoms with van der Waals surface area (Å²) < 4.78 is 4.66. The van der Waals surface area contributed by atoms with Crippen molar-refractivity contribution in [3.63, 3.8) is 0 Å². The van der Waals surface area contributed by atoms with Crippen molar-refractivity contribution in [1.29, 1.82) is 0 Å². The van der Waals surface area contributed by atoms with E-state index in [1.807, 2.05) is 11.8 Å². The van der Waals surface area contributed by atoms with E-state index in [0.29, 0.717) is 11.2 Å². The molecular formula is C10H16N4OS. The zero-order valence-corrected chi connectivity index (χ0v) is 10.3. The number of aromatic nitrogens is 2. The quantitative estimate of drug-likeness (QED) is 0.860. The summed E-state index contributed by atoms with van der Waals surface area (Å²) in [4.78, 5) is 8.42. The van der Waals surface area contributed by atoms with Crippen LogP contribution >= 0.6 is 11.8 Å². The second-order valence-corrected chi connectivity index (χ2v) is 5.30. The number of aliphatic imine (C=N–C) groups is 1. The first-order valence-electron chi connectivity index (χ1n) is 5.46. The highest BCUT2D eigenvalue weighted by Gasteiger charge is 2.21. The fraction of sp³-hybridized carbons (Fsp3) is 0.700. The Morgan fingerprint density at radius 2 is 2.50 bits per heavy atom. The van der Waals surface area contributed by atoms with Gasteiger partial charge in [0.05, 0.1) is 6.54 Å². The predicted octanol–water partition coefficient (Wildman–Crippen LogP) is 1.33. The summed E-state index contributed by atoms with van der Waals surface area (Å²) in [5, 5.41) is 8.71. The highest BCUT2D eigenvalue weighted by atomic mass is 32.2. The summed E-state index contributed by atoms with van der Waals surface area (Å²) in [6.07, 6.45) is 2.12. The Balaban J connectivity index is 1.68. The van der Waals surface area contributed by atoms with Crippen molar-refractivity contribution in [2.45, 2.75) is 25.5 Å². The Kier molecular flexibility index (Phi) is 3.82. The average Bonchev–Trinajstić information content (AvgIpc) is 2.87. The number of hydrogen-bond acceptors (Lipinski definition) is 6. The van der Waals surface area contributed by atoms with Crippen LogP contribution in [0.1, 0.15) is 19.7 Å². The summed E-state index contributed by atoms with van der Waals surface area (Å²) >= 11 is 1.83. The maximum Gasteiger partial charge on any atom is 0.213 e. The molecule has 0 aliphatic carbocycles. The lowest BCUT2D eigenvalue weighted by Crippen LogP contribution is -2.23. The van der Waals surface area contributed by atoms with E-state index in [2.05, 4.69) is 38.8 Å². The van der Waals surface area contributed by atoms with Gasteiger partial charge in [-0.05, 0) is 5.92 Å². The van der Waals surface area contributed by atoms with Gasteiger partial charge in [0.1, 0.15) is 0 Å². The molecule has 1 aliphatic heterocycles. The highest BCUT2D eigenvalue weighted by molar-refractivity contribution is 8.14. The fourth-order valence-corrected chi connectivity index (χ4v) is 2.46. The minimum absolute atomic E-state index is 0.618. The fourth-order valence-electron chi connectivity index (χ4n) is 1.42. The van der Waals surface area contributed by atoms with Crippen molar-refractivity contribution in [2.75, 3.05) is 13.1 Å². The van der Waals surface area contributed by atoms with Crippen molar-refractivity contribution < 1.29 is 4.52 Å². The molecule has 0 aromatic carbocycles. The van der Waals surface area contributed by atoms with E-state index in [1.165, 1.54) is 6.39 Å². The van der Waals surface area contributed by atoms with Crippen molar-refractivity contribution in [3.8, 4) is 0 Å². The molecule has 0 amide bonds. The lowest BCUT2D eigenvalue weighted by Gasteiger charge is -2.11. The lowest BCUT2D eigenvalue weighted by molar-refractivity contribution is 0.410. The molecule has 2 rings (SSSR count). The first kappa shape index (κ1) is 11.4. The molecule has 0 bridgehead atoms. The Labute approximate surface area is 99.1 Å². The number of nitrogens with one attached hydrogen (secondary N) is 1. The van der Waals surface area contributed by atoms with Gasteiger partial charge in [-0.25, -0.2) is 0 Å². The van der Waals surface area contributed by atoms with Gasteiger partial charge in [-0.3, -0.25) is 4.99 Å². The number of thioether (sulfide) groups is 1. The predicted molar refractivity (Wildman–Crippen MR) is 64.5 cm³/mol. The minimum atomic E-state index is 0.618. The van der Waals surface area contributed by atoms with E-state index >= 15 is 0 Å². The molecule has 1 N–H and O–H groups in total. The monoisotopic (exact) mass is 240 g/mol. The van der Waals surface area contributed by atoms with Crippen molar-refractivity contribution in [3.05, 3.63) is 12.2 Å². The molecule has 2 heterocycles. The number of amidine groups is 1. The third kappa shape index (κ3) is 2.98. The standard InChI is InChI=1S/C10H16N4OS/c1-7(2)8-5-12-10(16-8)11-4-3-9-13-6-15-14-9/h6-8H,3-5H2,1-2H3,(H,11,12). The van der Waals surface area contributed by atoms with Gasteiger partial charge in [0.2, 0.25) is 6.39 Å². The maximum atomic E-state index is 4.66. The van der Waals surface area contributed by atoms with E-state index < -0.39 is 0 Å². The van der Waals surface area contributed by atoms with Crippen molar-refractivity contribution in [2.24, 2.45) is 10.9 Å². The third-order valence-corrected chi connectivity index (χ3v) is 3.95. The van der Waals surface area contributed by atoms with Gasteiger partial charge in [0, 0.05) is 18.2 Å². The topological polar surface area (TPSA) is 63.3 Å². The van der Waals surface area contributed by atoms with Crippen LogP contribution in [0.15, 0.2) is 15.9 Å². The van der Waals surface area contributed by atoms with E-state index in [4.69, 9.17) is 0 Å². The van der Waals surface area contributed by atoms with Crippen LogP contribution in [-0.2, 0) is 6.42 Å². The zero-order chi connectivity index (χ0) is 11.4. The van der Waals surface area contributed by atoms with E-state index in [9.17, 15) is 0 Å². The summed E-state index contributed by atoms with van der Waals surface area (Å²) in [5.41, 5.74) is 0. The normalized spacial score (nSPS) is 20.2. The molecule has 0 saturated carbocycles. The van der Waals surface area contributed by atoms with Gasteiger partial charge in [-0.1, -0.05) is 30.8 Å². The largest absolute Gasteiger partial charge is 0.364 e. The zero-order valence-electron chi connectivity index (χ0n) is 9.51. The molecule has 1 aromatic heterocycles. The molecule has 0 fully saturated rings. The molecular weight excluding hydrogens is 224 g/mol. The maximum absolute atomic E-state index is 4.66. The highest BCUT2D eigenvalue weighted by Crippen LogP contribution is 2.25. The van der Waals surface area contributed by atoms with Gasteiger partial charge in [-0.15, -0.1) is 0 Å². The molecule has 0 spiro atoms. The van der Waals surface area contributed by atoms with Crippen LogP contribution in [0.3, 0.4) is 0 Å². The van der Waals surface area contributed by atoms with Crippen LogP contribution in [0, 0.1) is 5.92 Å². The molecule has 6 heteroatoms. The second kappa shape index (κ2) is 5.34. The van der Waals surface area contributed by atoms with Crippen LogP contribution in [0.2, 0.25) is 0 Å². The molecule has 1 unspecified atom stereocenters. The Morgan fingerprint density at radius 3 is 3.12 bits per heavy atom. The summed E-state index contributed by atoms with van der Waals surface area (Å²) in [6.45, 7) is 6.19. The summed E-state index contributed by atoms with van der Waals surface area (Å²) in [5.74, 6) is 1.40. The Bertz CT molecular complexity index is 350. The second-order valence-electron chi connectivity index (χ2n) is 4.07. The first-order chi connectivity index (χ1) is 7.75. The van der Waals surface area contributed by atoms with Crippen LogP contribution in [0.25, 0.3) is 0 Å². The summed E-state index contributed by atoms with van der Waals surface area (Å²) in [6, 6.07) is 0. The van der Waals surface area contributed by atoms with Gasteiger partial charge in [0.15, 0.2) is 11.0 Å². The molecule has 0 saturated heterocycles. The van der Waals surface area contributed by atoms with Crippen LogP contribution < -0.4 is 5.32 Å². The Hall–Kier alpha value is -1.04. The first-order valence-corrected chi connectivity index (χ1v) is 6.34. The molecule has 5 nitrogen and oxygen atoms in total. The SMILES string of the molecule is CC(C)C1CN=C(NCCc2ncon2)S1. The minimum Gasteiger partial charge on any atom is -0.364 e. The van der Waals surface area contributed by atoms with E-state index in [-0.39, 0.29) is 0 Å². The third-order valence-electron chi connectivity index (χ3n) is 2.45. The van der Waals surface area contributed by atoms with Gasteiger partial charge < -0.3 is 9.84 Å².